The van der Waals surface area contributed by atoms with Crippen LogP contribution in [0.1, 0.15) is 5.56 Å². The van der Waals surface area contributed by atoms with E-state index in [1.807, 2.05) is 6.07 Å². The normalized spacial score (nSPS) is 15.2. The minimum absolute atomic E-state index is 0.201. The Labute approximate surface area is 121 Å². The molecule has 9 heteroatoms. The summed E-state index contributed by atoms with van der Waals surface area (Å²) in [6.45, 7) is 0.201. The van der Waals surface area contributed by atoms with Crippen molar-refractivity contribution in [1.29, 1.82) is 0 Å². The molecular weight excluding hydrogens is 276 g/mol. The van der Waals surface area contributed by atoms with Crippen molar-refractivity contribution in [2.45, 2.75) is 0 Å². The Kier molecular flexibility index (Phi) is 4.80. The van der Waals surface area contributed by atoms with Gasteiger partial charge in [-0.3, -0.25) is 4.84 Å². The highest BCUT2D eigenvalue weighted by Gasteiger charge is 2.19. The van der Waals surface area contributed by atoms with Crippen LogP contribution in [0.25, 0.3) is 0 Å². The van der Waals surface area contributed by atoms with Gasteiger partial charge in [0.05, 0.1) is 24.5 Å². The third kappa shape index (κ3) is 4.00. The zero-order valence-electron chi connectivity index (χ0n) is 11.6. The molecule has 0 saturated heterocycles. The van der Waals surface area contributed by atoms with Gasteiger partial charge in [0.15, 0.2) is 0 Å². The van der Waals surface area contributed by atoms with E-state index in [2.05, 4.69) is 25.6 Å². The van der Waals surface area contributed by atoms with E-state index in [-0.39, 0.29) is 6.54 Å². The van der Waals surface area contributed by atoms with Gasteiger partial charge in [-0.15, -0.1) is 0 Å². The van der Waals surface area contributed by atoms with Crippen LogP contribution in [0.5, 0.6) is 0 Å². The molecule has 1 aliphatic rings. The van der Waals surface area contributed by atoms with Crippen LogP contribution in [-0.2, 0) is 4.84 Å². The highest BCUT2D eigenvalue weighted by molar-refractivity contribution is 6.32. The molecule has 1 aromatic heterocycles. The molecule has 1 N–H and O–H groups in total. The minimum Gasteiger partial charge on any atom is -0.399 e. The quantitative estimate of drug-likeness (QED) is 0.445. The van der Waals surface area contributed by atoms with Crippen molar-refractivity contribution in [2.75, 3.05) is 20.8 Å². The summed E-state index contributed by atoms with van der Waals surface area (Å²) in [6.07, 6.45) is 6.43. The van der Waals surface area contributed by atoms with Crippen LogP contribution in [0.15, 0.2) is 39.9 Å². The lowest BCUT2D eigenvalue weighted by Gasteiger charge is -2.19. The second-order valence-electron chi connectivity index (χ2n) is 3.92. The fraction of sp³-hybridized carbons (Fsp3) is 0.250. The summed E-state index contributed by atoms with van der Waals surface area (Å²) in [4.78, 5) is 21.3. The van der Waals surface area contributed by atoms with Crippen LogP contribution in [0.4, 0.5) is 4.79 Å². The van der Waals surface area contributed by atoms with E-state index in [1.54, 1.807) is 31.8 Å². The number of oxime groups is 1. The molecule has 0 aliphatic carbocycles. The van der Waals surface area contributed by atoms with Crippen LogP contribution < -0.4 is 15.0 Å². The predicted octanol–water partition coefficient (Wildman–Crippen LogP) is -0.620. The van der Waals surface area contributed by atoms with Gasteiger partial charge in [-0.1, -0.05) is 5.16 Å². The number of nitrogens with one attached hydrogen (secondary N) is 1. The first-order valence-electron chi connectivity index (χ1n) is 6.03. The minimum atomic E-state index is -0.420. The van der Waals surface area contributed by atoms with Crippen molar-refractivity contribution < 1.29 is 19.2 Å². The fourth-order valence-electron chi connectivity index (χ4n) is 1.51. The van der Waals surface area contributed by atoms with Gasteiger partial charge < -0.3 is 4.84 Å². The molecule has 110 valence electrons. The van der Waals surface area contributed by atoms with E-state index >= 15 is 0 Å². The van der Waals surface area contributed by atoms with Gasteiger partial charge in [0.2, 0.25) is 12.4 Å². The maximum absolute atomic E-state index is 11.6. The van der Waals surface area contributed by atoms with Crippen LogP contribution >= 0.6 is 0 Å². The number of hydrogen-bond acceptors (Lipinski definition) is 6. The van der Waals surface area contributed by atoms with E-state index < -0.39 is 6.03 Å². The molecule has 0 saturated carbocycles. The molecule has 21 heavy (non-hydrogen) atoms. The van der Waals surface area contributed by atoms with E-state index in [1.165, 1.54) is 23.1 Å². The standard InChI is InChI=1S/C12H14N6O3/c1-20-14-7-11-9-18(12(19)16-15-11)13-6-10-4-3-5-17(8-10)21-2/h3-8H,9H2,1-2H3/p+1/b13-6+. The van der Waals surface area contributed by atoms with Gasteiger partial charge in [0.1, 0.15) is 19.9 Å². The van der Waals surface area contributed by atoms with Gasteiger partial charge in [0.25, 0.3) is 0 Å². The second-order valence-corrected chi connectivity index (χ2v) is 3.92. The molecule has 0 radical (unpaired) electrons. The topological polar surface area (TPSA) is 91.8 Å². The average Bonchev–Trinajstić information content (AvgIpc) is 2.53. The molecule has 2 rings (SSSR count). The lowest BCUT2D eigenvalue weighted by atomic mass is 10.3. The summed E-state index contributed by atoms with van der Waals surface area (Å²) in [5, 5.41) is 12.8. The number of urea groups is 1. The van der Waals surface area contributed by atoms with E-state index in [4.69, 9.17) is 4.84 Å². The zero-order valence-corrected chi connectivity index (χ0v) is 11.6. The number of carbonyl (C=O) groups excluding carboxylic acids is 1. The van der Waals surface area contributed by atoms with Crippen molar-refractivity contribution >= 4 is 24.2 Å². The molecule has 0 unspecified atom stereocenters. The molecule has 1 aliphatic heterocycles. The Morgan fingerprint density at radius 2 is 2.33 bits per heavy atom. The van der Waals surface area contributed by atoms with Crippen LogP contribution in [-0.4, -0.2) is 49.9 Å². The largest absolute Gasteiger partial charge is 0.399 e. The summed E-state index contributed by atoms with van der Waals surface area (Å²) in [5.74, 6) is 0. The van der Waals surface area contributed by atoms with Gasteiger partial charge in [0, 0.05) is 10.8 Å². The monoisotopic (exact) mass is 291 g/mol. The van der Waals surface area contributed by atoms with Crippen LogP contribution in [0, 0.1) is 0 Å². The second kappa shape index (κ2) is 6.98. The lowest BCUT2D eigenvalue weighted by Crippen LogP contribution is -2.43. The van der Waals surface area contributed by atoms with Gasteiger partial charge in [-0.05, 0) is 6.07 Å². The number of aromatic nitrogens is 1. The fourth-order valence-corrected chi connectivity index (χ4v) is 1.51. The molecule has 9 nitrogen and oxygen atoms in total. The first-order valence-corrected chi connectivity index (χ1v) is 6.03. The number of pyridine rings is 1. The molecule has 2 heterocycles. The Morgan fingerprint density at radius 3 is 3.10 bits per heavy atom. The first kappa shape index (κ1) is 14.4. The number of amides is 2. The van der Waals surface area contributed by atoms with Gasteiger partial charge >= 0.3 is 6.03 Å². The third-order valence-electron chi connectivity index (χ3n) is 2.50. The van der Waals surface area contributed by atoms with Gasteiger partial charge in [-0.25, -0.2) is 15.2 Å². The average molecular weight is 291 g/mol. The summed E-state index contributed by atoms with van der Waals surface area (Å²) >= 11 is 0. The van der Waals surface area contributed by atoms with Crippen LogP contribution in [0.2, 0.25) is 0 Å². The zero-order chi connectivity index (χ0) is 15.1. The molecular formula is C12H15N6O3+. The number of nitrogens with zero attached hydrogens (tertiary/aromatic N) is 5. The number of hydrogen-bond donors (Lipinski definition) is 1. The third-order valence-corrected chi connectivity index (χ3v) is 2.50. The molecule has 1 aromatic rings. The van der Waals surface area contributed by atoms with E-state index in [0.29, 0.717) is 5.71 Å². The van der Waals surface area contributed by atoms with E-state index in [9.17, 15) is 4.79 Å². The van der Waals surface area contributed by atoms with Gasteiger partial charge in [-0.2, -0.15) is 10.2 Å². The molecule has 0 atom stereocenters. The number of hydrazone groups is 2. The van der Waals surface area contributed by atoms with Crippen molar-refractivity contribution in [3.8, 4) is 0 Å². The molecule has 0 aromatic carbocycles. The summed E-state index contributed by atoms with van der Waals surface area (Å²) in [5.41, 5.74) is 3.64. The molecule has 0 spiro atoms. The molecule has 2 amide bonds. The van der Waals surface area contributed by atoms with Crippen molar-refractivity contribution in [3.63, 3.8) is 0 Å². The van der Waals surface area contributed by atoms with Crippen molar-refractivity contribution in [3.05, 3.63) is 30.1 Å². The molecule has 0 fully saturated rings. The Balaban J connectivity index is 2.07. The maximum Gasteiger partial charge on any atom is 0.358 e. The summed E-state index contributed by atoms with van der Waals surface area (Å²) < 4.78 is 1.52. The smallest absolute Gasteiger partial charge is 0.358 e. The summed E-state index contributed by atoms with van der Waals surface area (Å²) in [7, 11) is 2.98. The molecule has 0 bridgehead atoms. The van der Waals surface area contributed by atoms with Crippen molar-refractivity contribution in [2.24, 2.45) is 15.4 Å². The highest BCUT2D eigenvalue weighted by atomic mass is 16.6. The predicted molar refractivity (Wildman–Crippen MR) is 74.9 cm³/mol. The van der Waals surface area contributed by atoms with Crippen LogP contribution in [0.3, 0.4) is 0 Å². The maximum atomic E-state index is 11.6. The summed E-state index contributed by atoms with van der Waals surface area (Å²) in [6, 6.07) is 3.22. The Morgan fingerprint density at radius 1 is 1.48 bits per heavy atom. The Hall–Kier alpha value is -2.97. The SMILES string of the molecule is CO/N=C/C1=NNC(=O)N(/N=C/c2ccc[n+](OC)c2)C1. The van der Waals surface area contributed by atoms with E-state index in [0.717, 1.165) is 5.56 Å². The highest BCUT2D eigenvalue weighted by Crippen LogP contribution is 1.99. The lowest BCUT2D eigenvalue weighted by molar-refractivity contribution is -0.885. The first-order chi connectivity index (χ1) is 10.2. The Bertz CT molecular complexity index is 598. The number of rotatable bonds is 5. The number of carbonyl (C=O) groups is 1. The van der Waals surface area contributed by atoms with Crippen molar-refractivity contribution in [1.82, 2.24) is 10.4 Å².